The van der Waals surface area contributed by atoms with Crippen molar-refractivity contribution in [2.75, 3.05) is 26.2 Å². The highest BCUT2D eigenvalue weighted by Gasteiger charge is 2.36. The van der Waals surface area contributed by atoms with Gasteiger partial charge in [-0.15, -0.1) is 0 Å². The van der Waals surface area contributed by atoms with Gasteiger partial charge < -0.3 is 5.32 Å². The maximum absolute atomic E-state index is 13.5. The highest BCUT2D eigenvalue weighted by Crippen LogP contribution is 2.27. The van der Waals surface area contributed by atoms with Crippen molar-refractivity contribution in [2.45, 2.75) is 6.54 Å². The molecule has 3 rings (SSSR count). The van der Waals surface area contributed by atoms with Crippen LogP contribution in [0.3, 0.4) is 0 Å². The lowest BCUT2D eigenvalue weighted by Gasteiger charge is -2.17. The van der Waals surface area contributed by atoms with E-state index >= 15 is 0 Å². The minimum absolute atomic E-state index is 0.470. The zero-order valence-corrected chi connectivity index (χ0v) is 9.63. The molecule has 2 aliphatic heterocycles. The molecule has 2 heterocycles. The van der Waals surface area contributed by atoms with E-state index in [4.69, 9.17) is 0 Å². The zero-order valence-electron chi connectivity index (χ0n) is 9.63. The Kier molecular flexibility index (Phi) is 2.84. The fourth-order valence-corrected chi connectivity index (χ4v) is 2.99. The first-order valence-electron chi connectivity index (χ1n) is 6.10. The summed E-state index contributed by atoms with van der Waals surface area (Å²) in [5.41, 5.74) is 0.470. The van der Waals surface area contributed by atoms with Crippen LogP contribution in [0.5, 0.6) is 0 Å². The number of halogens is 2. The molecule has 2 aliphatic rings. The molecule has 0 bridgehead atoms. The predicted molar refractivity (Wildman–Crippen MR) is 61.5 cm³/mol. The minimum Gasteiger partial charge on any atom is -0.316 e. The molecule has 0 saturated carbocycles. The van der Waals surface area contributed by atoms with Crippen LogP contribution in [-0.2, 0) is 6.54 Å². The highest BCUT2D eigenvalue weighted by molar-refractivity contribution is 5.19. The second-order valence-electron chi connectivity index (χ2n) is 5.09. The monoisotopic (exact) mass is 238 g/mol. The maximum atomic E-state index is 13.5. The van der Waals surface area contributed by atoms with Crippen LogP contribution in [0, 0.1) is 23.5 Å². The number of nitrogens with zero attached hydrogens (tertiary/aromatic N) is 1. The fraction of sp³-hybridized carbons (Fsp3) is 0.538. The highest BCUT2D eigenvalue weighted by atomic mass is 19.2. The lowest BCUT2D eigenvalue weighted by molar-refractivity contribution is 0.299. The predicted octanol–water partition coefficient (Wildman–Crippen LogP) is 1.62. The molecule has 2 nitrogen and oxygen atoms in total. The number of fused-ring (bicyclic) bond motifs is 1. The fourth-order valence-electron chi connectivity index (χ4n) is 2.99. The summed E-state index contributed by atoms with van der Waals surface area (Å²) in [6.45, 7) is 4.64. The summed E-state index contributed by atoms with van der Waals surface area (Å²) >= 11 is 0. The molecule has 4 heteroatoms. The topological polar surface area (TPSA) is 15.3 Å². The van der Waals surface area contributed by atoms with Gasteiger partial charge in [-0.25, -0.2) is 8.78 Å². The molecule has 1 N–H and O–H groups in total. The minimum atomic E-state index is -0.747. The number of rotatable bonds is 2. The van der Waals surface area contributed by atoms with E-state index in [1.807, 2.05) is 0 Å². The Balaban J connectivity index is 1.70. The lowest BCUT2D eigenvalue weighted by atomic mass is 10.0. The molecular formula is C13H16F2N2. The zero-order chi connectivity index (χ0) is 11.8. The van der Waals surface area contributed by atoms with Gasteiger partial charge in [-0.05, 0) is 31.0 Å². The van der Waals surface area contributed by atoms with Gasteiger partial charge in [-0.1, -0.05) is 12.1 Å². The van der Waals surface area contributed by atoms with Crippen LogP contribution < -0.4 is 5.32 Å². The Labute approximate surface area is 99.6 Å². The van der Waals surface area contributed by atoms with Gasteiger partial charge in [0.15, 0.2) is 11.6 Å². The summed E-state index contributed by atoms with van der Waals surface area (Å²) in [6.07, 6.45) is 0. The molecule has 0 unspecified atom stereocenters. The maximum Gasteiger partial charge on any atom is 0.163 e. The molecule has 17 heavy (non-hydrogen) atoms. The average molecular weight is 238 g/mol. The van der Waals surface area contributed by atoms with Crippen molar-refractivity contribution in [1.29, 1.82) is 0 Å². The van der Waals surface area contributed by atoms with E-state index in [0.717, 1.165) is 26.2 Å². The van der Waals surface area contributed by atoms with E-state index < -0.39 is 11.6 Å². The Morgan fingerprint density at radius 2 is 1.88 bits per heavy atom. The summed E-state index contributed by atoms with van der Waals surface area (Å²) in [4.78, 5) is 2.23. The van der Waals surface area contributed by atoms with Gasteiger partial charge in [-0.2, -0.15) is 0 Å². The van der Waals surface area contributed by atoms with E-state index in [9.17, 15) is 8.78 Å². The van der Waals surface area contributed by atoms with Crippen LogP contribution in [0.2, 0.25) is 0 Å². The summed E-state index contributed by atoms with van der Waals surface area (Å²) in [5.74, 6) is -0.0653. The molecule has 0 radical (unpaired) electrons. The first-order valence-corrected chi connectivity index (χ1v) is 6.10. The van der Waals surface area contributed by atoms with Crippen LogP contribution in [0.4, 0.5) is 8.78 Å². The van der Waals surface area contributed by atoms with Crippen molar-refractivity contribution in [2.24, 2.45) is 11.8 Å². The number of hydrogen-bond donors (Lipinski definition) is 1. The Morgan fingerprint density at radius 1 is 1.18 bits per heavy atom. The molecule has 2 saturated heterocycles. The van der Waals surface area contributed by atoms with E-state index in [1.54, 1.807) is 12.1 Å². The molecule has 92 valence electrons. The van der Waals surface area contributed by atoms with E-state index in [2.05, 4.69) is 10.2 Å². The summed E-state index contributed by atoms with van der Waals surface area (Å²) in [7, 11) is 0. The normalized spacial score (nSPS) is 28.6. The second-order valence-corrected chi connectivity index (χ2v) is 5.09. The van der Waals surface area contributed by atoms with Crippen molar-refractivity contribution in [3.8, 4) is 0 Å². The van der Waals surface area contributed by atoms with Gasteiger partial charge in [-0.3, -0.25) is 4.90 Å². The van der Waals surface area contributed by atoms with Gasteiger partial charge in [0.2, 0.25) is 0 Å². The molecular weight excluding hydrogens is 222 g/mol. The van der Waals surface area contributed by atoms with Crippen molar-refractivity contribution in [3.63, 3.8) is 0 Å². The van der Waals surface area contributed by atoms with Gasteiger partial charge in [0, 0.05) is 25.2 Å². The quantitative estimate of drug-likeness (QED) is 0.842. The smallest absolute Gasteiger partial charge is 0.163 e. The van der Waals surface area contributed by atoms with Crippen molar-refractivity contribution in [3.05, 3.63) is 35.4 Å². The molecule has 2 atom stereocenters. The Morgan fingerprint density at radius 3 is 2.59 bits per heavy atom. The molecule has 0 aromatic heterocycles. The number of hydrogen-bond acceptors (Lipinski definition) is 2. The van der Waals surface area contributed by atoms with Crippen LogP contribution >= 0.6 is 0 Å². The standard InChI is InChI=1S/C13H16F2N2/c14-12-3-1-2-9(13(12)15)6-17-7-10-4-16-5-11(10)8-17/h1-3,10-11,16H,4-8H2/t10-,11+. The molecule has 2 fully saturated rings. The van der Waals surface area contributed by atoms with Gasteiger partial charge >= 0.3 is 0 Å². The first-order chi connectivity index (χ1) is 8.24. The van der Waals surface area contributed by atoms with Gasteiger partial charge in [0.1, 0.15) is 0 Å². The molecule has 0 aliphatic carbocycles. The molecule has 0 spiro atoms. The SMILES string of the molecule is Fc1cccc(CN2C[C@H]3CNC[C@H]3C2)c1F. The number of nitrogens with one attached hydrogen (secondary N) is 1. The summed E-state index contributed by atoms with van der Waals surface area (Å²) in [5, 5.41) is 3.37. The van der Waals surface area contributed by atoms with Crippen molar-refractivity contribution in [1.82, 2.24) is 10.2 Å². The summed E-state index contributed by atoms with van der Waals surface area (Å²) in [6, 6.07) is 4.42. The number of benzene rings is 1. The third kappa shape index (κ3) is 2.07. The average Bonchev–Trinajstić information content (AvgIpc) is 2.85. The third-order valence-electron chi connectivity index (χ3n) is 3.89. The Bertz CT molecular complexity index is 410. The van der Waals surface area contributed by atoms with Crippen LogP contribution in [-0.4, -0.2) is 31.1 Å². The van der Waals surface area contributed by atoms with Crippen molar-refractivity contribution >= 4 is 0 Å². The molecule has 1 aromatic carbocycles. The van der Waals surface area contributed by atoms with Gasteiger partial charge in [0.05, 0.1) is 0 Å². The Hall–Kier alpha value is -1.00. The lowest BCUT2D eigenvalue weighted by Crippen LogP contribution is -2.25. The van der Waals surface area contributed by atoms with Crippen LogP contribution in [0.15, 0.2) is 18.2 Å². The molecule has 1 aromatic rings. The molecule has 0 amide bonds. The first kappa shape index (κ1) is 11.1. The van der Waals surface area contributed by atoms with E-state index in [1.165, 1.54) is 6.07 Å². The van der Waals surface area contributed by atoms with E-state index in [-0.39, 0.29) is 0 Å². The summed E-state index contributed by atoms with van der Waals surface area (Å²) < 4.78 is 26.6. The van der Waals surface area contributed by atoms with Gasteiger partial charge in [0.25, 0.3) is 0 Å². The van der Waals surface area contributed by atoms with Crippen LogP contribution in [0.25, 0.3) is 0 Å². The second kappa shape index (κ2) is 4.35. The van der Waals surface area contributed by atoms with E-state index in [0.29, 0.717) is 23.9 Å². The van der Waals surface area contributed by atoms with Crippen molar-refractivity contribution < 1.29 is 8.78 Å². The number of likely N-dealkylation sites (tertiary alicyclic amines) is 1. The largest absolute Gasteiger partial charge is 0.316 e. The third-order valence-corrected chi connectivity index (χ3v) is 3.89. The van der Waals surface area contributed by atoms with Crippen LogP contribution in [0.1, 0.15) is 5.56 Å².